The Morgan fingerprint density at radius 3 is 0.886 bits per heavy atom. The SMILES string of the molecule is CCCCCCCCCCCN(CCCCCCCCCCC)CCCCCCOP(=O)(O)OCCCCCCCCCC. The van der Waals surface area contributed by atoms with Gasteiger partial charge in [0.2, 0.25) is 0 Å². The maximum absolute atomic E-state index is 12.2. The predicted octanol–water partition coefficient (Wildman–Crippen LogP) is 13.2. The molecule has 0 aliphatic carbocycles. The zero-order valence-electron chi connectivity index (χ0n) is 30.3. The van der Waals surface area contributed by atoms with Crippen molar-refractivity contribution >= 4 is 7.82 Å². The Morgan fingerprint density at radius 1 is 0.386 bits per heavy atom. The molecule has 0 aromatic carbocycles. The summed E-state index contributed by atoms with van der Waals surface area (Å²) in [5.41, 5.74) is 0. The molecule has 0 aliphatic heterocycles. The number of unbranched alkanes of at least 4 members (excludes halogenated alkanes) is 26. The smallest absolute Gasteiger partial charge is 0.303 e. The quantitative estimate of drug-likeness (QED) is 0.0535. The van der Waals surface area contributed by atoms with Crippen LogP contribution in [0.5, 0.6) is 0 Å². The molecule has 0 spiro atoms. The summed E-state index contributed by atoms with van der Waals surface area (Å²) in [7, 11) is -3.90. The number of nitrogens with zero attached hydrogens (tertiary/aromatic N) is 1. The van der Waals surface area contributed by atoms with Gasteiger partial charge in [-0.15, -0.1) is 0 Å². The molecule has 1 atom stereocenters. The highest BCUT2D eigenvalue weighted by molar-refractivity contribution is 7.47. The van der Waals surface area contributed by atoms with Gasteiger partial charge in [0, 0.05) is 0 Å². The second-order valence-electron chi connectivity index (χ2n) is 13.5. The van der Waals surface area contributed by atoms with E-state index in [-0.39, 0.29) is 0 Å². The van der Waals surface area contributed by atoms with E-state index in [9.17, 15) is 9.46 Å². The third kappa shape index (κ3) is 34.9. The van der Waals surface area contributed by atoms with Crippen LogP contribution in [0.15, 0.2) is 0 Å². The molecular weight excluding hydrogens is 565 g/mol. The Kier molecular flexibility index (Phi) is 36.0. The lowest BCUT2D eigenvalue weighted by Gasteiger charge is -2.22. The molecule has 6 heteroatoms. The molecule has 0 saturated carbocycles. The minimum Gasteiger partial charge on any atom is -0.303 e. The predicted molar refractivity (Wildman–Crippen MR) is 194 cm³/mol. The minimum atomic E-state index is -3.90. The first-order chi connectivity index (χ1) is 21.6. The van der Waals surface area contributed by atoms with Gasteiger partial charge in [0.1, 0.15) is 0 Å². The highest BCUT2D eigenvalue weighted by Gasteiger charge is 2.20. The molecule has 5 nitrogen and oxygen atoms in total. The van der Waals surface area contributed by atoms with E-state index in [0.717, 1.165) is 32.1 Å². The van der Waals surface area contributed by atoms with E-state index in [1.54, 1.807) is 0 Å². The summed E-state index contributed by atoms with van der Waals surface area (Å²) in [6.45, 7) is 11.1. The third-order valence-electron chi connectivity index (χ3n) is 9.03. The highest BCUT2D eigenvalue weighted by Crippen LogP contribution is 2.43. The molecule has 44 heavy (non-hydrogen) atoms. The van der Waals surface area contributed by atoms with E-state index in [2.05, 4.69) is 25.7 Å². The van der Waals surface area contributed by atoms with Gasteiger partial charge in [-0.1, -0.05) is 181 Å². The summed E-state index contributed by atoms with van der Waals surface area (Å²) in [5.74, 6) is 0. The van der Waals surface area contributed by atoms with Gasteiger partial charge in [0.25, 0.3) is 0 Å². The van der Waals surface area contributed by atoms with Crippen molar-refractivity contribution in [1.29, 1.82) is 0 Å². The Labute approximate surface area is 277 Å². The van der Waals surface area contributed by atoms with Crippen LogP contribution in [0, 0.1) is 0 Å². The Morgan fingerprint density at radius 2 is 0.614 bits per heavy atom. The lowest BCUT2D eigenvalue weighted by Crippen LogP contribution is -2.27. The highest BCUT2D eigenvalue weighted by atomic mass is 31.2. The summed E-state index contributed by atoms with van der Waals surface area (Å²) in [6.07, 6.45) is 38.8. The van der Waals surface area contributed by atoms with E-state index in [1.807, 2.05) is 0 Å². The van der Waals surface area contributed by atoms with E-state index in [0.29, 0.717) is 13.2 Å². The average Bonchev–Trinajstić information content (AvgIpc) is 3.01. The van der Waals surface area contributed by atoms with Gasteiger partial charge in [-0.3, -0.25) is 9.05 Å². The summed E-state index contributed by atoms with van der Waals surface area (Å²) >= 11 is 0. The van der Waals surface area contributed by atoms with Crippen LogP contribution in [0.4, 0.5) is 0 Å². The van der Waals surface area contributed by atoms with Crippen LogP contribution < -0.4 is 0 Å². The number of hydrogen-bond acceptors (Lipinski definition) is 4. The second kappa shape index (κ2) is 35.9. The van der Waals surface area contributed by atoms with E-state index in [1.165, 1.54) is 180 Å². The van der Waals surface area contributed by atoms with Crippen molar-refractivity contribution in [3.8, 4) is 0 Å². The van der Waals surface area contributed by atoms with E-state index in [4.69, 9.17) is 9.05 Å². The lowest BCUT2D eigenvalue weighted by molar-refractivity contribution is 0.145. The van der Waals surface area contributed by atoms with Crippen molar-refractivity contribution in [2.45, 2.75) is 213 Å². The van der Waals surface area contributed by atoms with Crippen molar-refractivity contribution in [2.75, 3.05) is 32.8 Å². The van der Waals surface area contributed by atoms with Crippen molar-refractivity contribution in [3.05, 3.63) is 0 Å². The largest absolute Gasteiger partial charge is 0.472 e. The van der Waals surface area contributed by atoms with Crippen LogP contribution in [-0.2, 0) is 13.6 Å². The first-order valence-corrected chi connectivity index (χ1v) is 21.4. The molecule has 0 amide bonds. The fourth-order valence-corrected chi connectivity index (χ4v) is 6.85. The summed E-state index contributed by atoms with van der Waals surface area (Å²) in [6, 6.07) is 0. The van der Waals surface area contributed by atoms with Crippen molar-refractivity contribution in [2.24, 2.45) is 0 Å². The monoisotopic (exact) mass is 646 g/mol. The first kappa shape index (κ1) is 44.1. The number of rotatable bonds is 38. The molecule has 0 bridgehead atoms. The molecule has 0 heterocycles. The van der Waals surface area contributed by atoms with Crippen LogP contribution in [0.3, 0.4) is 0 Å². The number of phosphoric acid groups is 1. The van der Waals surface area contributed by atoms with Crippen LogP contribution in [0.2, 0.25) is 0 Å². The van der Waals surface area contributed by atoms with Crippen LogP contribution in [0.1, 0.15) is 213 Å². The second-order valence-corrected chi connectivity index (χ2v) is 15.0. The van der Waals surface area contributed by atoms with E-state index >= 15 is 0 Å². The number of hydrogen-bond donors (Lipinski definition) is 1. The maximum atomic E-state index is 12.2. The van der Waals surface area contributed by atoms with Crippen LogP contribution in [0.25, 0.3) is 0 Å². The van der Waals surface area contributed by atoms with Gasteiger partial charge >= 0.3 is 7.82 Å². The van der Waals surface area contributed by atoms with Crippen molar-refractivity contribution < 1.29 is 18.5 Å². The molecule has 0 rings (SSSR count). The molecule has 0 aliphatic rings. The Bertz CT molecular complexity index is 569. The van der Waals surface area contributed by atoms with Gasteiger partial charge in [0.05, 0.1) is 13.2 Å². The fraction of sp³-hybridized carbons (Fsp3) is 1.00. The molecule has 0 aromatic rings. The fourth-order valence-electron chi connectivity index (χ4n) is 6.05. The molecule has 0 saturated heterocycles. The summed E-state index contributed by atoms with van der Waals surface area (Å²) in [5, 5.41) is 0. The van der Waals surface area contributed by atoms with Crippen LogP contribution in [-0.4, -0.2) is 42.6 Å². The molecule has 0 aromatic heterocycles. The Hall–Kier alpha value is 0.0700. The summed E-state index contributed by atoms with van der Waals surface area (Å²) < 4.78 is 22.6. The van der Waals surface area contributed by atoms with Crippen molar-refractivity contribution in [1.82, 2.24) is 4.90 Å². The lowest BCUT2D eigenvalue weighted by atomic mass is 10.1. The molecular formula is C38H80NO4P. The van der Waals surface area contributed by atoms with Crippen LogP contribution >= 0.6 is 7.82 Å². The normalized spacial score (nSPS) is 13.2. The average molecular weight is 646 g/mol. The summed E-state index contributed by atoms with van der Waals surface area (Å²) in [4.78, 5) is 12.7. The molecule has 1 unspecified atom stereocenters. The number of phosphoric ester groups is 1. The first-order valence-electron chi connectivity index (χ1n) is 19.9. The zero-order chi connectivity index (χ0) is 32.2. The van der Waals surface area contributed by atoms with Gasteiger partial charge < -0.3 is 9.79 Å². The van der Waals surface area contributed by atoms with Gasteiger partial charge in [-0.25, -0.2) is 4.57 Å². The third-order valence-corrected chi connectivity index (χ3v) is 10.0. The minimum absolute atomic E-state index is 0.311. The molecule has 1 N–H and O–H groups in total. The molecule has 0 fully saturated rings. The van der Waals surface area contributed by atoms with E-state index < -0.39 is 7.82 Å². The Balaban J connectivity index is 4.00. The maximum Gasteiger partial charge on any atom is 0.472 e. The molecule has 0 radical (unpaired) electrons. The molecule has 266 valence electrons. The topological polar surface area (TPSA) is 59.0 Å². The van der Waals surface area contributed by atoms with Gasteiger partial charge in [-0.05, 0) is 51.7 Å². The zero-order valence-corrected chi connectivity index (χ0v) is 31.2. The van der Waals surface area contributed by atoms with Gasteiger partial charge in [-0.2, -0.15) is 0 Å². The van der Waals surface area contributed by atoms with Crippen molar-refractivity contribution in [3.63, 3.8) is 0 Å². The standard InChI is InChI=1S/C38H80NO4P/c1-4-7-10-13-16-19-21-24-29-34-39(35-30-25-22-20-17-14-11-8-5-2)36-31-26-28-33-38-43-44(40,41)42-37-32-27-23-18-15-12-9-6-3/h4-38H2,1-3H3,(H,40,41). The van der Waals surface area contributed by atoms with Gasteiger partial charge in [0.15, 0.2) is 0 Å².